The van der Waals surface area contributed by atoms with Crippen molar-refractivity contribution in [3.05, 3.63) is 406 Å². The average molecular weight is 1780 g/mol. The fraction of sp³-hybridized carbons (Fsp3) is 0.0354. The first-order valence-corrected chi connectivity index (χ1v) is 42.2. The van der Waals surface area contributed by atoms with Crippen molar-refractivity contribution in [2.24, 2.45) is 0 Å². The number of phenolic OH excluding ortho intramolecular Hbond substituents is 6. The molecule has 0 atom stereocenters. The first-order chi connectivity index (χ1) is 64.0. The Bertz CT molecular complexity index is 7450. The quantitative estimate of drug-likeness (QED) is 0.0462. The smallest absolute Gasteiger partial charge is 0.337 e. The van der Waals surface area contributed by atoms with Gasteiger partial charge in [-0.15, -0.1) is 0 Å². The molecular formula is C113H79Cl2FN2O14. The maximum Gasteiger partial charge on any atom is 0.337 e. The van der Waals surface area contributed by atoms with Crippen LogP contribution >= 0.6 is 23.2 Å². The van der Waals surface area contributed by atoms with Crippen molar-refractivity contribution in [3.8, 4) is 101 Å². The number of aryl methyl sites for hydroxylation is 3. The average Bonchev–Trinajstić information content (AvgIpc) is 0.742. The molecule has 0 amide bonds. The Morgan fingerprint density at radius 3 is 1.05 bits per heavy atom. The molecule has 0 aliphatic heterocycles. The second-order valence-electron chi connectivity index (χ2n) is 31.1. The largest absolute Gasteiger partial charge is 0.507 e. The molecule has 0 unspecified atom stereocenters. The zero-order valence-corrected chi connectivity index (χ0v) is 72.7. The molecule has 16 nitrogen and oxygen atoms in total. The van der Waals surface area contributed by atoms with Crippen LogP contribution in [0.3, 0.4) is 0 Å². The minimum atomic E-state index is -0.374. The van der Waals surface area contributed by atoms with Crippen molar-refractivity contribution in [3.63, 3.8) is 0 Å². The van der Waals surface area contributed by atoms with E-state index in [0.29, 0.717) is 81.9 Å². The lowest BCUT2D eigenvalue weighted by molar-refractivity contribution is 0.0600. The number of fused-ring (bicyclic) bond motifs is 8. The fourth-order valence-electron chi connectivity index (χ4n) is 15.8. The van der Waals surface area contributed by atoms with Gasteiger partial charge in [0, 0.05) is 45.0 Å². The molecular weight excluding hydrogens is 1700 g/mol. The van der Waals surface area contributed by atoms with E-state index in [1.165, 1.54) is 31.4 Å². The summed E-state index contributed by atoms with van der Waals surface area (Å²) in [6.07, 6.45) is 9.53. The lowest BCUT2D eigenvalue weighted by Crippen LogP contribution is -2.00. The van der Waals surface area contributed by atoms with Crippen LogP contribution in [-0.2, 0) is 4.74 Å². The van der Waals surface area contributed by atoms with Crippen LogP contribution in [0.15, 0.2) is 334 Å². The van der Waals surface area contributed by atoms with Crippen LogP contribution in [0.1, 0.15) is 89.2 Å². The number of ether oxygens (including phenoxy) is 1. The monoisotopic (exact) mass is 1780 g/mol. The Hall–Kier alpha value is -16.9. The summed E-state index contributed by atoms with van der Waals surface area (Å²) in [5.41, 5.74) is 17.9. The number of carbonyl (C=O) groups is 7. The summed E-state index contributed by atoms with van der Waals surface area (Å²) in [5, 5.41) is 72.9. The summed E-state index contributed by atoms with van der Waals surface area (Å²) in [6.45, 7) is 5.65. The summed E-state index contributed by atoms with van der Waals surface area (Å²) in [6, 6.07) is 96.5. The molecule has 20 rings (SSSR count). The van der Waals surface area contributed by atoms with Crippen LogP contribution in [0, 0.1) is 26.6 Å². The number of hydrogen-bond donors (Lipinski definition) is 6. The highest BCUT2D eigenvalue weighted by molar-refractivity contribution is 6.32. The molecule has 2 aromatic heterocycles. The Morgan fingerprint density at radius 2 is 0.644 bits per heavy atom. The minimum absolute atomic E-state index is 0.00336. The molecule has 19 heteroatoms. The Labute approximate surface area is 766 Å². The summed E-state index contributed by atoms with van der Waals surface area (Å²) in [4.78, 5) is 87.0. The van der Waals surface area contributed by atoms with E-state index >= 15 is 0 Å². The molecule has 18 aromatic carbocycles. The number of methoxy groups -OCH3 is 1. The second-order valence-corrected chi connectivity index (χ2v) is 31.9. The predicted molar refractivity (Wildman–Crippen MR) is 525 cm³/mol. The molecule has 6 N–H and O–H groups in total. The second kappa shape index (κ2) is 40.0. The number of aromatic nitrogens is 2. The highest BCUT2D eigenvalue weighted by Crippen LogP contribution is 2.40. The number of aldehydes is 6. The van der Waals surface area contributed by atoms with Crippen molar-refractivity contribution in [2.45, 2.75) is 20.8 Å². The SMILES string of the molecule is COC(=O)c1ccc(-c2ccc3c(C=O)c(O)ccc3c2)cc1.Cc1cc(-c2ccc3c(C=O)c(O)ccc3c2)ccc1Cl.Cc1ccc(-c2ccc3c(C=O)c(O)ccc3c2)cc1Cl.Cc1ccc(-c2ccc3c(C=O)c(O)ccc3c2)cc1F.O=Cc1c(O)ccc2cc(-c3cccc4ncccc34)ccc12.O=Cc1c(O)ccc2cc(-c3cncc4ccccc34)ccc12. The Kier molecular flexibility index (Phi) is 27.3. The van der Waals surface area contributed by atoms with Gasteiger partial charge in [-0.2, -0.15) is 0 Å². The summed E-state index contributed by atoms with van der Waals surface area (Å²) in [7, 11) is 1.35. The molecule has 646 valence electrons. The summed E-state index contributed by atoms with van der Waals surface area (Å²) >= 11 is 12.2. The molecule has 0 aliphatic carbocycles. The van der Waals surface area contributed by atoms with E-state index in [4.69, 9.17) is 23.2 Å². The highest BCUT2D eigenvalue weighted by Gasteiger charge is 2.18. The number of esters is 1. The highest BCUT2D eigenvalue weighted by atomic mass is 35.5. The fourth-order valence-corrected chi connectivity index (χ4v) is 16.1. The van der Waals surface area contributed by atoms with Crippen molar-refractivity contribution in [1.82, 2.24) is 9.97 Å². The number of benzene rings is 18. The van der Waals surface area contributed by atoms with Gasteiger partial charge < -0.3 is 35.4 Å². The van der Waals surface area contributed by atoms with E-state index in [-0.39, 0.29) is 57.4 Å². The van der Waals surface area contributed by atoms with Crippen molar-refractivity contribution < 1.29 is 73.3 Å². The zero-order valence-electron chi connectivity index (χ0n) is 71.2. The number of aromatic hydroxyl groups is 6. The lowest BCUT2D eigenvalue weighted by Gasteiger charge is -2.09. The van der Waals surface area contributed by atoms with Crippen LogP contribution in [0.2, 0.25) is 10.0 Å². The first-order valence-electron chi connectivity index (χ1n) is 41.4. The maximum absolute atomic E-state index is 13.7. The number of pyridine rings is 2. The van der Waals surface area contributed by atoms with E-state index < -0.39 is 0 Å². The number of rotatable bonds is 13. The molecule has 0 aliphatic rings. The van der Waals surface area contributed by atoms with Crippen molar-refractivity contribution in [1.29, 1.82) is 0 Å². The van der Waals surface area contributed by atoms with Gasteiger partial charge in [-0.05, 0) is 290 Å². The van der Waals surface area contributed by atoms with Crippen molar-refractivity contribution >= 4 is 153 Å². The third-order valence-electron chi connectivity index (χ3n) is 23.0. The number of hydrogen-bond acceptors (Lipinski definition) is 16. The molecule has 2 heterocycles. The third-order valence-corrected chi connectivity index (χ3v) is 23.8. The number of carbonyl (C=O) groups excluding carboxylic acids is 7. The van der Waals surface area contributed by atoms with Crippen LogP contribution in [0.25, 0.3) is 153 Å². The lowest BCUT2D eigenvalue weighted by atomic mass is 9.96. The molecule has 0 saturated heterocycles. The number of halogens is 3. The normalized spacial score (nSPS) is 10.8. The van der Waals surface area contributed by atoms with Gasteiger partial charge in [0.15, 0.2) is 37.7 Å². The van der Waals surface area contributed by atoms with Gasteiger partial charge in [-0.3, -0.25) is 38.7 Å². The number of nitrogens with zero attached hydrogens (tertiary/aromatic N) is 2. The first kappa shape index (κ1) is 89.9. The van der Waals surface area contributed by atoms with Crippen LogP contribution < -0.4 is 0 Å². The third kappa shape index (κ3) is 19.2. The van der Waals surface area contributed by atoms with Gasteiger partial charge in [0.25, 0.3) is 0 Å². The summed E-state index contributed by atoms with van der Waals surface area (Å²) in [5.74, 6) is -0.653. The predicted octanol–water partition coefficient (Wildman–Crippen LogP) is 27.4. The van der Waals surface area contributed by atoms with Crippen molar-refractivity contribution in [2.75, 3.05) is 7.11 Å². The van der Waals surface area contributed by atoms with Crippen LogP contribution in [0.5, 0.6) is 34.5 Å². The van der Waals surface area contributed by atoms with E-state index in [1.807, 2.05) is 239 Å². The van der Waals surface area contributed by atoms with Gasteiger partial charge in [0.1, 0.15) is 40.3 Å². The molecule has 20 aromatic rings. The molecule has 0 bridgehead atoms. The van der Waals surface area contributed by atoms with Gasteiger partial charge in [-0.25, -0.2) is 9.18 Å². The van der Waals surface area contributed by atoms with Gasteiger partial charge in [0.2, 0.25) is 0 Å². The molecule has 0 spiro atoms. The Morgan fingerprint density at radius 1 is 0.295 bits per heavy atom. The van der Waals surface area contributed by atoms with Crippen LogP contribution in [-0.4, -0.2) is 91.4 Å². The van der Waals surface area contributed by atoms with Crippen LogP contribution in [0.4, 0.5) is 4.39 Å². The maximum atomic E-state index is 13.7. The molecule has 0 fully saturated rings. The van der Waals surface area contributed by atoms with E-state index in [1.54, 1.807) is 73.8 Å². The topological polar surface area (TPSA) is 276 Å². The molecule has 0 saturated carbocycles. The van der Waals surface area contributed by atoms with E-state index in [0.717, 1.165) is 163 Å². The molecule has 132 heavy (non-hydrogen) atoms. The van der Waals surface area contributed by atoms with E-state index in [9.17, 15) is 68.6 Å². The number of phenols is 6. The van der Waals surface area contributed by atoms with Gasteiger partial charge in [-0.1, -0.05) is 217 Å². The molecule has 0 radical (unpaired) electrons. The zero-order chi connectivity index (χ0) is 93.0. The van der Waals surface area contributed by atoms with Gasteiger partial charge >= 0.3 is 5.97 Å². The Balaban J connectivity index is 0.000000121. The standard InChI is InChI=1S/2C20H13NO2.C19H14O4.2C18H13ClO2.C18H13FO2/c22-12-18-16-8-6-13(11-14(16)7-9-20(18)23)15-3-1-5-19-17(15)4-2-10-21-19;22-12-19-17-7-5-14(9-13(17)6-8-20(19)23)18-11-21-10-15-3-1-2-4-16(15)18;1-23-19(22)13-4-2-12(3-5-13)14-6-8-16-15(10-14)7-9-18(21)17(16)11-20;1-11-8-12(3-6-17(11)19)13-2-5-15-14(9-13)4-7-18(21)16(15)10-20;2*1-11-2-3-13(9-17(11)19)12-4-6-15-14(8-12)5-7-18(21)16(15)10-20/h2*1-12,23H;2-11,21H,1H3;3*2-10,21H,1H3. The summed E-state index contributed by atoms with van der Waals surface area (Å²) < 4.78 is 18.4. The van der Waals surface area contributed by atoms with Gasteiger partial charge in [0.05, 0.1) is 51.6 Å². The van der Waals surface area contributed by atoms with E-state index in [2.05, 4.69) is 32.9 Å². The minimum Gasteiger partial charge on any atom is -0.507 e.